The molecular formula is C18H14N4O2S2. The fraction of sp³-hybridized carbons (Fsp3) is 0.111. The Hall–Kier alpha value is -3.02. The number of aliphatic imine (C=N–C) groups is 2. The highest BCUT2D eigenvalue weighted by molar-refractivity contribution is 7.73. The molecule has 0 atom stereocenters. The molecule has 26 heavy (non-hydrogen) atoms. The summed E-state index contributed by atoms with van der Waals surface area (Å²) in [4.78, 5) is 8.93. The summed E-state index contributed by atoms with van der Waals surface area (Å²) in [6.07, 6.45) is 3.17. The van der Waals surface area contributed by atoms with E-state index in [4.69, 9.17) is 17.0 Å². The maximum atomic E-state index is 10.3. The number of benzene rings is 1. The molecule has 3 rings (SSSR count). The second-order valence-electron chi connectivity index (χ2n) is 5.36. The lowest BCUT2D eigenvalue weighted by Gasteiger charge is -2.00. The summed E-state index contributed by atoms with van der Waals surface area (Å²) in [5.41, 5.74) is 1.84. The van der Waals surface area contributed by atoms with Gasteiger partial charge in [0.2, 0.25) is 17.5 Å². The van der Waals surface area contributed by atoms with Gasteiger partial charge in [-0.3, -0.25) is 4.57 Å². The Kier molecular flexibility index (Phi) is 5.11. The van der Waals surface area contributed by atoms with Crippen molar-refractivity contribution in [2.24, 2.45) is 9.98 Å². The minimum Gasteiger partial charge on any atom is -0.493 e. The van der Waals surface area contributed by atoms with Gasteiger partial charge >= 0.3 is 0 Å². The molecule has 2 aromatic rings. The van der Waals surface area contributed by atoms with Gasteiger partial charge in [-0.05, 0) is 31.3 Å². The Bertz CT molecular complexity index is 1050. The minimum absolute atomic E-state index is 0.00799. The monoisotopic (exact) mass is 382 g/mol. The van der Waals surface area contributed by atoms with Crippen molar-refractivity contribution in [2.75, 3.05) is 0 Å². The second-order valence-corrected chi connectivity index (χ2v) is 7.04. The highest BCUT2D eigenvalue weighted by Crippen LogP contribution is 2.30. The SMILES string of the molecule is C=CCn1c(O)c(C=C2N=C(C#N)C(=Nc3ccc(C)cc3)O2)sc1=S. The normalized spacial score (nSPS) is 16.4. The van der Waals surface area contributed by atoms with E-state index in [1.54, 1.807) is 10.6 Å². The van der Waals surface area contributed by atoms with E-state index >= 15 is 0 Å². The van der Waals surface area contributed by atoms with Crippen LogP contribution < -0.4 is 0 Å². The number of aryl methyl sites for hydroxylation is 1. The van der Waals surface area contributed by atoms with Crippen molar-refractivity contribution < 1.29 is 9.84 Å². The van der Waals surface area contributed by atoms with Crippen molar-refractivity contribution in [1.29, 1.82) is 5.26 Å². The predicted molar refractivity (Wildman–Crippen MR) is 105 cm³/mol. The van der Waals surface area contributed by atoms with Crippen molar-refractivity contribution in [3.05, 3.63) is 57.2 Å². The van der Waals surface area contributed by atoms with Gasteiger partial charge in [0.05, 0.1) is 10.6 Å². The molecule has 130 valence electrons. The van der Waals surface area contributed by atoms with Crippen LogP contribution in [0.3, 0.4) is 0 Å². The number of hydrogen-bond acceptors (Lipinski definition) is 7. The third-order valence-electron chi connectivity index (χ3n) is 3.46. The molecule has 1 aromatic heterocycles. The number of hydrogen-bond donors (Lipinski definition) is 1. The van der Waals surface area contributed by atoms with Crippen molar-refractivity contribution >= 4 is 46.9 Å². The molecule has 1 aromatic carbocycles. The quantitative estimate of drug-likeness (QED) is 0.623. The zero-order valence-electron chi connectivity index (χ0n) is 13.8. The zero-order chi connectivity index (χ0) is 18.7. The van der Waals surface area contributed by atoms with E-state index < -0.39 is 0 Å². The average molecular weight is 382 g/mol. The van der Waals surface area contributed by atoms with Gasteiger partial charge in [0, 0.05) is 12.6 Å². The van der Waals surface area contributed by atoms with Crippen LogP contribution in [-0.2, 0) is 11.3 Å². The van der Waals surface area contributed by atoms with Crippen LogP contribution in [0.15, 0.2) is 52.8 Å². The third kappa shape index (κ3) is 3.64. The summed E-state index contributed by atoms with van der Waals surface area (Å²) in [5, 5.41) is 19.5. The van der Waals surface area contributed by atoms with Crippen molar-refractivity contribution in [1.82, 2.24) is 4.57 Å². The van der Waals surface area contributed by atoms with Gasteiger partial charge in [0.25, 0.3) is 5.90 Å². The molecule has 0 amide bonds. The summed E-state index contributed by atoms with van der Waals surface area (Å²) >= 11 is 6.44. The number of aromatic hydroxyl groups is 1. The maximum Gasteiger partial charge on any atom is 0.258 e. The van der Waals surface area contributed by atoms with Crippen molar-refractivity contribution in [2.45, 2.75) is 13.5 Å². The first-order chi connectivity index (χ1) is 12.5. The van der Waals surface area contributed by atoms with Gasteiger partial charge in [0.1, 0.15) is 6.07 Å². The standard InChI is InChI=1S/C18H14N4O2S2/c1-3-8-22-17(23)14(26-18(22)25)9-15-21-13(10-19)16(24-15)20-12-6-4-11(2)5-7-12/h3-7,9,23H,1,8H2,2H3. The van der Waals surface area contributed by atoms with Crippen LogP contribution in [0.1, 0.15) is 10.4 Å². The molecule has 8 heteroatoms. The van der Waals surface area contributed by atoms with Crippen LogP contribution >= 0.6 is 23.6 Å². The Labute approximate surface area is 159 Å². The number of ether oxygens (including phenoxy) is 1. The van der Waals surface area contributed by atoms with Gasteiger partial charge in [-0.25, -0.2) is 4.99 Å². The van der Waals surface area contributed by atoms with Crippen LogP contribution in [0.2, 0.25) is 0 Å². The molecule has 2 heterocycles. The van der Waals surface area contributed by atoms with Crippen LogP contribution in [0.5, 0.6) is 5.88 Å². The first-order valence-corrected chi connectivity index (χ1v) is 8.82. The van der Waals surface area contributed by atoms with Crippen LogP contribution in [0.25, 0.3) is 6.08 Å². The molecular weight excluding hydrogens is 368 g/mol. The number of nitriles is 1. The van der Waals surface area contributed by atoms with Crippen LogP contribution in [0, 0.1) is 22.2 Å². The summed E-state index contributed by atoms with van der Waals surface area (Å²) in [7, 11) is 0. The van der Waals surface area contributed by atoms with Gasteiger partial charge in [0.15, 0.2) is 3.95 Å². The van der Waals surface area contributed by atoms with Crippen molar-refractivity contribution in [3.63, 3.8) is 0 Å². The molecule has 1 N–H and O–H groups in total. The molecule has 0 saturated carbocycles. The Balaban J connectivity index is 1.93. The third-order valence-corrected chi connectivity index (χ3v) is 4.84. The Morgan fingerprint density at radius 1 is 1.46 bits per heavy atom. The van der Waals surface area contributed by atoms with Crippen LogP contribution in [0.4, 0.5) is 5.69 Å². The summed E-state index contributed by atoms with van der Waals surface area (Å²) in [5.74, 6) is 0.301. The molecule has 0 aliphatic carbocycles. The van der Waals surface area contributed by atoms with Crippen LogP contribution in [-0.4, -0.2) is 21.3 Å². The molecule has 0 bridgehead atoms. The van der Waals surface area contributed by atoms with E-state index in [0.29, 0.717) is 21.1 Å². The predicted octanol–water partition coefficient (Wildman–Crippen LogP) is 4.50. The number of aromatic nitrogens is 1. The molecule has 0 saturated heterocycles. The zero-order valence-corrected chi connectivity index (χ0v) is 15.5. The maximum absolute atomic E-state index is 10.3. The van der Waals surface area contributed by atoms with Gasteiger partial charge in [-0.15, -0.1) is 17.9 Å². The number of nitrogens with zero attached hydrogens (tertiary/aromatic N) is 4. The highest BCUT2D eigenvalue weighted by atomic mass is 32.1. The van der Waals surface area contributed by atoms with Gasteiger partial charge in [-0.1, -0.05) is 23.8 Å². The van der Waals surface area contributed by atoms with E-state index in [0.717, 1.165) is 5.56 Å². The first kappa shape index (κ1) is 17.8. The number of rotatable bonds is 4. The molecule has 0 unspecified atom stereocenters. The molecule has 1 aliphatic heterocycles. The van der Waals surface area contributed by atoms with Gasteiger partial charge < -0.3 is 9.84 Å². The van der Waals surface area contributed by atoms with E-state index in [1.807, 2.05) is 37.3 Å². The summed E-state index contributed by atoms with van der Waals surface area (Å²) in [6.45, 7) is 6.02. The fourth-order valence-electron chi connectivity index (χ4n) is 2.19. The number of thiazole rings is 1. The molecule has 6 nitrogen and oxygen atoms in total. The van der Waals surface area contributed by atoms with Crippen molar-refractivity contribution in [3.8, 4) is 11.9 Å². The lowest BCUT2D eigenvalue weighted by atomic mass is 10.2. The molecule has 0 fully saturated rings. The first-order valence-electron chi connectivity index (χ1n) is 7.59. The molecule has 0 radical (unpaired) electrons. The minimum atomic E-state index is 0.00799. The fourth-order valence-corrected chi connectivity index (χ4v) is 3.44. The number of allylic oxidation sites excluding steroid dienone is 1. The second kappa shape index (κ2) is 7.47. The topological polar surface area (TPSA) is 82.9 Å². The lowest BCUT2D eigenvalue weighted by Crippen LogP contribution is -2.07. The van der Waals surface area contributed by atoms with E-state index in [-0.39, 0.29) is 23.4 Å². The Morgan fingerprint density at radius 2 is 2.19 bits per heavy atom. The summed E-state index contributed by atoms with van der Waals surface area (Å²) in [6, 6.07) is 9.46. The van der Waals surface area contributed by atoms with E-state index in [1.165, 1.54) is 17.4 Å². The van der Waals surface area contributed by atoms with Gasteiger partial charge in [-0.2, -0.15) is 10.3 Å². The molecule has 1 aliphatic rings. The Morgan fingerprint density at radius 3 is 2.85 bits per heavy atom. The summed E-state index contributed by atoms with van der Waals surface area (Å²) < 4.78 is 7.64. The highest BCUT2D eigenvalue weighted by Gasteiger charge is 2.22. The van der Waals surface area contributed by atoms with E-state index in [9.17, 15) is 10.4 Å². The van der Waals surface area contributed by atoms with E-state index in [2.05, 4.69) is 16.6 Å². The lowest BCUT2D eigenvalue weighted by molar-refractivity contribution is 0.421. The average Bonchev–Trinajstić information content (AvgIpc) is 3.12. The largest absolute Gasteiger partial charge is 0.493 e. The molecule has 0 spiro atoms. The smallest absolute Gasteiger partial charge is 0.258 e.